The van der Waals surface area contributed by atoms with Gasteiger partial charge in [0.25, 0.3) is 11.5 Å². The number of rotatable bonds is 3. The van der Waals surface area contributed by atoms with Crippen molar-refractivity contribution in [2.45, 2.75) is 20.3 Å². The van der Waals surface area contributed by atoms with E-state index in [2.05, 4.69) is 20.2 Å². The molecule has 1 aliphatic heterocycles. The lowest BCUT2D eigenvalue weighted by Crippen LogP contribution is -2.36. The van der Waals surface area contributed by atoms with E-state index in [1.54, 1.807) is 12.4 Å². The van der Waals surface area contributed by atoms with Gasteiger partial charge in [-0.3, -0.25) is 14.6 Å². The Morgan fingerprint density at radius 1 is 0.939 bits per heavy atom. The Balaban J connectivity index is 1.39. The summed E-state index contributed by atoms with van der Waals surface area (Å²) in [6.07, 6.45) is 3.95. The fourth-order valence-electron chi connectivity index (χ4n) is 4.23. The minimum absolute atomic E-state index is 0.0525. The number of H-pyrrole nitrogens is 1. The van der Waals surface area contributed by atoms with E-state index in [9.17, 15) is 9.59 Å². The van der Waals surface area contributed by atoms with E-state index in [4.69, 9.17) is 0 Å². The van der Waals surface area contributed by atoms with Gasteiger partial charge in [-0.05, 0) is 44.5 Å². The summed E-state index contributed by atoms with van der Waals surface area (Å²) in [5.41, 5.74) is 3.78. The number of carbonyl (C=O) groups excluding carboxylic acids is 1. The van der Waals surface area contributed by atoms with Crippen molar-refractivity contribution in [2.75, 3.05) is 31.1 Å². The molecule has 2 aromatic carbocycles. The predicted octanol–water partition coefficient (Wildman–Crippen LogP) is 2.47. The van der Waals surface area contributed by atoms with E-state index < -0.39 is 0 Å². The molecule has 0 saturated carbocycles. The zero-order valence-electron chi connectivity index (χ0n) is 18.7. The van der Waals surface area contributed by atoms with Crippen LogP contribution in [0.4, 0.5) is 5.95 Å². The van der Waals surface area contributed by atoms with Crippen LogP contribution in [-0.2, 0) is 0 Å². The van der Waals surface area contributed by atoms with Gasteiger partial charge < -0.3 is 9.80 Å². The molecule has 2 aromatic heterocycles. The molecule has 1 fully saturated rings. The predicted molar refractivity (Wildman–Crippen MR) is 126 cm³/mol. The zero-order valence-corrected chi connectivity index (χ0v) is 18.7. The quantitative estimate of drug-likeness (QED) is 0.522. The second-order valence-corrected chi connectivity index (χ2v) is 8.38. The lowest BCUT2D eigenvalue weighted by Gasteiger charge is -2.23. The fraction of sp³-hybridized carbons (Fsp3) is 0.292. The molecule has 0 spiro atoms. The number of carbonyl (C=O) groups is 1. The van der Waals surface area contributed by atoms with Crippen LogP contribution in [0.15, 0.2) is 53.6 Å². The molecular weight excluding hydrogens is 418 g/mol. The summed E-state index contributed by atoms with van der Waals surface area (Å²) in [6, 6.07) is 11.4. The maximum atomic E-state index is 13.5. The Morgan fingerprint density at radius 3 is 2.52 bits per heavy atom. The maximum Gasteiger partial charge on any atom is 0.260 e. The molecule has 0 atom stereocenters. The van der Waals surface area contributed by atoms with E-state index >= 15 is 0 Å². The number of nitrogens with zero attached hydrogens (tertiary/aromatic N) is 6. The summed E-state index contributed by atoms with van der Waals surface area (Å²) in [6.45, 7) is 6.33. The number of nitrogens with one attached hydrogen (secondary N) is 1. The molecule has 1 amide bonds. The normalized spacial score (nSPS) is 14.5. The van der Waals surface area contributed by atoms with Gasteiger partial charge >= 0.3 is 0 Å². The number of aromatic amines is 1. The SMILES string of the molecule is Cc1ccc(-n2nccn2)c(C(=O)N2CCCN(c3nc4ccc(C)cc4c(=O)[nH]3)CC2)c1. The first-order chi connectivity index (χ1) is 16.0. The van der Waals surface area contributed by atoms with E-state index in [0.717, 1.165) is 17.5 Å². The lowest BCUT2D eigenvalue weighted by molar-refractivity contribution is 0.0766. The Kier molecular flexibility index (Phi) is 5.37. The number of hydrogen-bond donors (Lipinski definition) is 1. The van der Waals surface area contributed by atoms with E-state index in [-0.39, 0.29) is 11.5 Å². The lowest BCUT2D eigenvalue weighted by atomic mass is 10.1. The Bertz CT molecular complexity index is 1380. The summed E-state index contributed by atoms with van der Waals surface area (Å²) in [7, 11) is 0. The molecule has 33 heavy (non-hydrogen) atoms. The van der Waals surface area contributed by atoms with Crippen LogP contribution in [0.3, 0.4) is 0 Å². The standard InChI is InChI=1S/C24H25N7O2/c1-16-4-6-20-18(14-16)22(32)28-24(27-20)30-11-3-10-29(12-13-30)23(33)19-15-17(2)5-7-21(19)31-25-8-9-26-31/h4-9,14-15H,3,10-13H2,1-2H3,(H,27,28,32). The summed E-state index contributed by atoms with van der Waals surface area (Å²) in [5, 5.41) is 8.98. The zero-order chi connectivity index (χ0) is 22.9. The third-order valence-corrected chi connectivity index (χ3v) is 5.95. The van der Waals surface area contributed by atoms with Gasteiger partial charge in [-0.1, -0.05) is 23.3 Å². The minimum atomic E-state index is -0.146. The average molecular weight is 444 g/mol. The van der Waals surface area contributed by atoms with Crippen molar-refractivity contribution in [1.29, 1.82) is 0 Å². The summed E-state index contributed by atoms with van der Waals surface area (Å²) in [4.78, 5) is 39.1. The Labute approximate surface area is 190 Å². The van der Waals surface area contributed by atoms with Gasteiger partial charge in [0.2, 0.25) is 5.95 Å². The van der Waals surface area contributed by atoms with Crippen molar-refractivity contribution in [3.05, 3.63) is 75.8 Å². The highest BCUT2D eigenvalue weighted by Crippen LogP contribution is 2.20. The number of benzene rings is 2. The van der Waals surface area contributed by atoms with Crippen LogP contribution in [0, 0.1) is 13.8 Å². The molecule has 3 heterocycles. The van der Waals surface area contributed by atoms with Gasteiger partial charge in [0.15, 0.2) is 0 Å². The van der Waals surface area contributed by atoms with Gasteiger partial charge in [0, 0.05) is 26.2 Å². The van der Waals surface area contributed by atoms with E-state index in [1.165, 1.54) is 4.80 Å². The van der Waals surface area contributed by atoms with Crippen molar-refractivity contribution < 1.29 is 4.79 Å². The molecule has 1 saturated heterocycles. The Hall–Kier alpha value is -4.01. The van der Waals surface area contributed by atoms with Gasteiger partial charge in [-0.2, -0.15) is 15.0 Å². The molecule has 0 radical (unpaired) electrons. The molecular formula is C24H25N7O2. The Morgan fingerprint density at radius 2 is 1.70 bits per heavy atom. The number of fused-ring (bicyclic) bond motifs is 1. The van der Waals surface area contributed by atoms with Gasteiger partial charge in [0.1, 0.15) is 0 Å². The fourth-order valence-corrected chi connectivity index (χ4v) is 4.23. The van der Waals surface area contributed by atoms with Crippen molar-refractivity contribution in [3.63, 3.8) is 0 Å². The van der Waals surface area contributed by atoms with E-state index in [0.29, 0.717) is 54.3 Å². The van der Waals surface area contributed by atoms with Gasteiger partial charge in [0.05, 0.1) is 34.5 Å². The van der Waals surface area contributed by atoms with Gasteiger partial charge in [-0.15, -0.1) is 0 Å². The number of aromatic nitrogens is 5. The second kappa shape index (κ2) is 8.50. The molecule has 0 unspecified atom stereocenters. The first-order valence-corrected chi connectivity index (χ1v) is 11.0. The third kappa shape index (κ3) is 4.09. The highest BCUT2D eigenvalue weighted by Gasteiger charge is 2.24. The highest BCUT2D eigenvalue weighted by atomic mass is 16.2. The maximum absolute atomic E-state index is 13.5. The van der Waals surface area contributed by atoms with Crippen LogP contribution in [0.25, 0.3) is 16.6 Å². The molecule has 9 heteroatoms. The number of aryl methyl sites for hydroxylation is 2. The smallest absolute Gasteiger partial charge is 0.260 e. The summed E-state index contributed by atoms with van der Waals surface area (Å²) < 4.78 is 0. The van der Waals surface area contributed by atoms with Crippen LogP contribution >= 0.6 is 0 Å². The topological polar surface area (TPSA) is 100 Å². The molecule has 1 aliphatic rings. The molecule has 5 rings (SSSR count). The van der Waals surface area contributed by atoms with Crippen molar-refractivity contribution in [3.8, 4) is 5.69 Å². The third-order valence-electron chi connectivity index (χ3n) is 5.95. The molecule has 1 N–H and O–H groups in total. The minimum Gasteiger partial charge on any atom is -0.340 e. The van der Waals surface area contributed by atoms with Crippen molar-refractivity contribution in [2.24, 2.45) is 0 Å². The summed E-state index contributed by atoms with van der Waals surface area (Å²) >= 11 is 0. The van der Waals surface area contributed by atoms with Crippen LogP contribution < -0.4 is 10.5 Å². The molecule has 9 nitrogen and oxygen atoms in total. The van der Waals surface area contributed by atoms with E-state index in [1.807, 2.05) is 60.0 Å². The van der Waals surface area contributed by atoms with Crippen molar-refractivity contribution >= 4 is 22.8 Å². The molecule has 4 aromatic rings. The second-order valence-electron chi connectivity index (χ2n) is 8.38. The summed E-state index contributed by atoms with van der Waals surface area (Å²) in [5.74, 6) is 0.492. The largest absolute Gasteiger partial charge is 0.340 e. The number of amides is 1. The van der Waals surface area contributed by atoms with Crippen LogP contribution in [0.1, 0.15) is 27.9 Å². The van der Waals surface area contributed by atoms with Crippen LogP contribution in [0.2, 0.25) is 0 Å². The van der Waals surface area contributed by atoms with Crippen LogP contribution in [-0.4, -0.2) is 61.9 Å². The van der Waals surface area contributed by atoms with Gasteiger partial charge in [-0.25, -0.2) is 4.98 Å². The highest BCUT2D eigenvalue weighted by molar-refractivity contribution is 5.98. The first kappa shape index (κ1) is 20.9. The van der Waals surface area contributed by atoms with Crippen LogP contribution in [0.5, 0.6) is 0 Å². The van der Waals surface area contributed by atoms with Crippen molar-refractivity contribution in [1.82, 2.24) is 29.9 Å². The molecule has 0 aliphatic carbocycles. The number of hydrogen-bond acceptors (Lipinski definition) is 6. The number of anilines is 1. The molecule has 168 valence electrons. The first-order valence-electron chi connectivity index (χ1n) is 11.0. The molecule has 0 bridgehead atoms. The monoisotopic (exact) mass is 443 g/mol. The average Bonchev–Trinajstić information content (AvgIpc) is 3.23.